The second kappa shape index (κ2) is 13.6. The highest BCUT2D eigenvalue weighted by Gasteiger charge is 2.05. The Bertz CT molecular complexity index is 846. The minimum absolute atomic E-state index is 0.215. The monoisotopic (exact) mass is 460 g/mol. The lowest BCUT2D eigenvalue weighted by molar-refractivity contribution is 0.598. The Hall–Kier alpha value is -1.83. The average Bonchev–Trinajstić information content (AvgIpc) is 2.69. The minimum Gasteiger partial charge on any atom is -0.207 e. The molecule has 0 fully saturated rings. The third kappa shape index (κ3) is 10.4. The van der Waals surface area contributed by atoms with E-state index in [0.29, 0.717) is 16.9 Å². The number of hydrogen-bond acceptors (Lipinski definition) is 0. The van der Waals surface area contributed by atoms with Crippen LogP contribution in [0.15, 0.2) is 66.7 Å². The van der Waals surface area contributed by atoms with Crippen LogP contribution >= 0.6 is 23.2 Å². The van der Waals surface area contributed by atoms with Crippen molar-refractivity contribution in [1.82, 2.24) is 0 Å². The maximum absolute atomic E-state index is 13.0. The van der Waals surface area contributed by atoms with Crippen molar-refractivity contribution in [2.45, 2.75) is 66.2 Å². The van der Waals surface area contributed by atoms with Crippen LogP contribution in [0.5, 0.6) is 0 Å². The second-order valence-electron chi connectivity index (χ2n) is 8.59. The summed E-state index contributed by atoms with van der Waals surface area (Å²) in [6, 6.07) is 21.5. The zero-order valence-electron chi connectivity index (χ0n) is 19.7. The summed E-state index contributed by atoms with van der Waals surface area (Å²) in [6.45, 7) is 14.8. The van der Waals surface area contributed by atoms with Crippen LogP contribution in [0.3, 0.4) is 0 Å². The summed E-state index contributed by atoms with van der Waals surface area (Å²) >= 11 is 11.3. The molecule has 0 amide bonds. The van der Waals surface area contributed by atoms with Crippen LogP contribution in [0.1, 0.15) is 81.5 Å². The van der Waals surface area contributed by atoms with Crippen LogP contribution in [-0.2, 0) is 0 Å². The molecule has 168 valence electrons. The van der Waals surface area contributed by atoms with Crippen molar-refractivity contribution in [2.75, 3.05) is 0 Å². The molecule has 0 spiro atoms. The van der Waals surface area contributed by atoms with Gasteiger partial charge in [0.15, 0.2) is 0 Å². The molecule has 0 unspecified atom stereocenters. The summed E-state index contributed by atoms with van der Waals surface area (Å²) in [5, 5.41) is 1.26. The Morgan fingerprint density at radius 3 is 1.39 bits per heavy atom. The average molecular weight is 461 g/mol. The highest BCUT2D eigenvalue weighted by molar-refractivity contribution is 6.30. The van der Waals surface area contributed by atoms with E-state index in [1.165, 1.54) is 22.8 Å². The largest absolute Gasteiger partial charge is 0.207 e. The molecule has 3 aromatic carbocycles. The van der Waals surface area contributed by atoms with Gasteiger partial charge in [-0.25, -0.2) is 4.39 Å². The number of rotatable bonds is 3. The van der Waals surface area contributed by atoms with Gasteiger partial charge in [0.05, 0.1) is 0 Å². The van der Waals surface area contributed by atoms with Gasteiger partial charge < -0.3 is 0 Å². The summed E-state index contributed by atoms with van der Waals surface area (Å²) in [5.41, 5.74) is 4.81. The molecule has 0 aliphatic carbocycles. The predicted octanol–water partition coefficient (Wildman–Crippen LogP) is 10.2. The van der Waals surface area contributed by atoms with E-state index in [0.717, 1.165) is 10.6 Å². The van der Waals surface area contributed by atoms with E-state index in [4.69, 9.17) is 23.2 Å². The van der Waals surface area contributed by atoms with Gasteiger partial charge in [-0.3, -0.25) is 0 Å². The molecular formula is C28H35Cl2F. The molecule has 0 atom stereocenters. The predicted molar refractivity (Wildman–Crippen MR) is 136 cm³/mol. The molecule has 3 aromatic rings. The quantitative estimate of drug-likeness (QED) is 0.364. The zero-order valence-corrected chi connectivity index (χ0v) is 21.2. The Morgan fingerprint density at radius 1 is 0.581 bits per heavy atom. The molecule has 0 bridgehead atoms. The van der Waals surface area contributed by atoms with Crippen molar-refractivity contribution >= 4 is 23.2 Å². The molecule has 0 aliphatic heterocycles. The first-order chi connectivity index (χ1) is 14.5. The van der Waals surface area contributed by atoms with E-state index in [1.54, 1.807) is 12.1 Å². The summed E-state index contributed by atoms with van der Waals surface area (Å²) in [7, 11) is 0. The van der Waals surface area contributed by atoms with Gasteiger partial charge in [0.25, 0.3) is 0 Å². The highest BCUT2D eigenvalue weighted by atomic mass is 35.5. The van der Waals surface area contributed by atoms with Crippen LogP contribution in [0.25, 0.3) is 0 Å². The molecule has 3 heteroatoms. The second-order valence-corrected chi connectivity index (χ2v) is 9.47. The lowest BCUT2D eigenvalue weighted by Gasteiger charge is -2.05. The van der Waals surface area contributed by atoms with Crippen molar-refractivity contribution in [2.24, 2.45) is 0 Å². The van der Waals surface area contributed by atoms with Gasteiger partial charge in [0.2, 0.25) is 0 Å². The van der Waals surface area contributed by atoms with E-state index in [2.05, 4.69) is 71.0 Å². The summed E-state index contributed by atoms with van der Waals surface area (Å²) in [5.74, 6) is 1.25. The van der Waals surface area contributed by atoms with E-state index >= 15 is 0 Å². The smallest absolute Gasteiger partial charge is 0.128 e. The molecule has 0 nitrogen and oxygen atoms in total. The first-order valence-corrected chi connectivity index (χ1v) is 11.5. The lowest BCUT2D eigenvalue weighted by atomic mass is 10.0. The SMILES string of the molecule is CC(C)c1ccc(Cl)cc1.CC(C)c1ccc(Cl)cc1F.Cc1ccc(C(C)C)cc1. The van der Waals surface area contributed by atoms with Gasteiger partial charge in [0, 0.05) is 10.0 Å². The molecule has 0 aliphatic rings. The van der Waals surface area contributed by atoms with Gasteiger partial charge >= 0.3 is 0 Å². The fourth-order valence-corrected chi connectivity index (χ4v) is 3.05. The molecule has 3 rings (SSSR count). The van der Waals surface area contributed by atoms with E-state index in [1.807, 2.05) is 26.0 Å². The van der Waals surface area contributed by atoms with Crippen molar-refractivity contribution in [3.05, 3.63) is 105 Å². The molecule has 0 heterocycles. The summed E-state index contributed by atoms with van der Waals surface area (Å²) in [4.78, 5) is 0. The molecular weight excluding hydrogens is 426 g/mol. The molecule has 0 radical (unpaired) electrons. The standard InChI is InChI=1S/C10H14.C9H10ClF.C9H11Cl/c1-8(2)10-6-4-9(3)5-7-10;1-6(2)8-4-3-7(10)5-9(8)11;1-7(2)8-3-5-9(10)6-4-8/h4-8H,1-3H3;3-6H,1-2H3;3-7H,1-2H3. The number of halogens is 3. The Morgan fingerprint density at radius 2 is 1.00 bits per heavy atom. The van der Waals surface area contributed by atoms with Crippen molar-refractivity contribution in [3.8, 4) is 0 Å². The maximum Gasteiger partial charge on any atom is 0.128 e. The number of hydrogen-bond donors (Lipinski definition) is 0. The van der Waals surface area contributed by atoms with Crippen LogP contribution < -0.4 is 0 Å². The van der Waals surface area contributed by atoms with E-state index in [9.17, 15) is 4.39 Å². The Labute approximate surface area is 198 Å². The van der Waals surface area contributed by atoms with E-state index in [-0.39, 0.29) is 11.7 Å². The van der Waals surface area contributed by atoms with Gasteiger partial charge in [-0.1, -0.05) is 113 Å². The Balaban J connectivity index is 0.000000233. The number of benzene rings is 3. The fraction of sp³-hybridized carbons (Fsp3) is 0.357. The van der Waals surface area contributed by atoms with Gasteiger partial charge in [-0.2, -0.15) is 0 Å². The lowest BCUT2D eigenvalue weighted by Crippen LogP contribution is -1.91. The van der Waals surface area contributed by atoms with Crippen LogP contribution in [0.4, 0.5) is 4.39 Å². The first kappa shape index (κ1) is 27.2. The van der Waals surface area contributed by atoms with Gasteiger partial charge in [-0.05, 0) is 65.6 Å². The highest BCUT2D eigenvalue weighted by Crippen LogP contribution is 2.21. The third-order valence-electron chi connectivity index (χ3n) is 4.87. The third-order valence-corrected chi connectivity index (χ3v) is 5.35. The number of aryl methyl sites for hydroxylation is 1. The zero-order chi connectivity index (χ0) is 23.6. The molecule has 0 aromatic heterocycles. The maximum atomic E-state index is 13.0. The summed E-state index contributed by atoms with van der Waals surface area (Å²) in [6.07, 6.45) is 0. The van der Waals surface area contributed by atoms with Crippen LogP contribution in [-0.4, -0.2) is 0 Å². The molecule has 0 saturated carbocycles. The molecule has 31 heavy (non-hydrogen) atoms. The fourth-order valence-electron chi connectivity index (χ4n) is 2.77. The van der Waals surface area contributed by atoms with Crippen molar-refractivity contribution in [1.29, 1.82) is 0 Å². The Kier molecular flexibility index (Phi) is 11.9. The summed E-state index contributed by atoms with van der Waals surface area (Å²) < 4.78 is 13.0. The van der Waals surface area contributed by atoms with Gasteiger partial charge in [0.1, 0.15) is 5.82 Å². The molecule has 0 saturated heterocycles. The van der Waals surface area contributed by atoms with E-state index < -0.39 is 0 Å². The molecule has 0 N–H and O–H groups in total. The van der Waals surface area contributed by atoms with Crippen molar-refractivity contribution < 1.29 is 4.39 Å². The van der Waals surface area contributed by atoms with Gasteiger partial charge in [-0.15, -0.1) is 0 Å². The minimum atomic E-state index is -0.215. The van der Waals surface area contributed by atoms with Crippen LogP contribution in [0.2, 0.25) is 10.0 Å². The van der Waals surface area contributed by atoms with Crippen molar-refractivity contribution in [3.63, 3.8) is 0 Å². The topological polar surface area (TPSA) is 0 Å². The normalized spacial score (nSPS) is 10.5. The van der Waals surface area contributed by atoms with Crippen LogP contribution in [0, 0.1) is 12.7 Å². The first-order valence-electron chi connectivity index (χ1n) is 10.8.